The Hall–Kier alpha value is -2.68. The van der Waals surface area contributed by atoms with Gasteiger partial charge in [-0.1, -0.05) is 19.9 Å². The maximum Gasteiger partial charge on any atom is 0.281 e. The summed E-state index contributed by atoms with van der Waals surface area (Å²) in [5.41, 5.74) is 0.0303. The van der Waals surface area contributed by atoms with Crippen molar-refractivity contribution >= 4 is 21.7 Å². The normalized spacial score (nSPS) is 24.6. The zero-order valence-electron chi connectivity index (χ0n) is 19.6. The average Bonchev–Trinajstić information content (AvgIpc) is 3.28. The number of nitrogens with zero attached hydrogens (tertiary/aromatic N) is 3. The fourth-order valence-electron chi connectivity index (χ4n) is 5.02. The van der Waals surface area contributed by atoms with Crippen molar-refractivity contribution in [3.8, 4) is 5.88 Å². The second kappa shape index (κ2) is 8.93. The molecule has 1 N–H and O–H groups in total. The number of carbonyl (C=O) groups excluding carboxylic acids is 1. The molecule has 2 aliphatic rings. The average molecular weight is 473 g/mol. The first-order chi connectivity index (χ1) is 15.5. The zero-order valence-corrected chi connectivity index (χ0v) is 20.4. The Morgan fingerprint density at radius 2 is 1.94 bits per heavy atom. The van der Waals surface area contributed by atoms with Crippen molar-refractivity contribution in [3.05, 3.63) is 42.1 Å². The lowest BCUT2D eigenvalue weighted by atomic mass is 9.97. The van der Waals surface area contributed by atoms with Crippen molar-refractivity contribution in [3.63, 3.8) is 0 Å². The molecule has 0 bridgehead atoms. The largest absolute Gasteiger partial charge is 0.474 e. The minimum atomic E-state index is -4.19. The van der Waals surface area contributed by atoms with Crippen LogP contribution in [-0.4, -0.2) is 42.5 Å². The summed E-state index contributed by atoms with van der Waals surface area (Å²) in [6, 6.07) is 7.80. The number of hydrogen-bond acceptors (Lipinski definition) is 7. The van der Waals surface area contributed by atoms with E-state index in [9.17, 15) is 13.2 Å². The molecule has 33 heavy (non-hydrogen) atoms. The Morgan fingerprint density at radius 1 is 1.15 bits per heavy atom. The van der Waals surface area contributed by atoms with Crippen LogP contribution in [0.4, 0.5) is 5.82 Å². The Balaban J connectivity index is 1.54. The smallest absolute Gasteiger partial charge is 0.281 e. The second-order valence-corrected chi connectivity index (χ2v) is 11.6. The minimum absolute atomic E-state index is 0.0317. The quantitative estimate of drug-likeness (QED) is 0.682. The van der Waals surface area contributed by atoms with E-state index in [1.807, 2.05) is 0 Å². The Bertz CT molecular complexity index is 1130. The van der Waals surface area contributed by atoms with Crippen LogP contribution in [0.5, 0.6) is 5.88 Å². The molecular formula is C24H32N4O4S. The minimum Gasteiger partial charge on any atom is -0.474 e. The molecule has 3 atom stereocenters. The number of hydrogen-bond donors (Lipinski definition) is 1. The van der Waals surface area contributed by atoms with Crippen LogP contribution in [-0.2, 0) is 10.0 Å². The molecular weight excluding hydrogens is 440 g/mol. The summed E-state index contributed by atoms with van der Waals surface area (Å²) in [5, 5.41) is -0.250. The van der Waals surface area contributed by atoms with Crippen LogP contribution in [0, 0.1) is 11.8 Å². The van der Waals surface area contributed by atoms with E-state index >= 15 is 0 Å². The molecule has 9 heteroatoms. The topological polar surface area (TPSA) is 101 Å². The Kier molecular flexibility index (Phi) is 6.35. The van der Waals surface area contributed by atoms with Gasteiger partial charge in [0.05, 0.1) is 5.56 Å². The number of pyridine rings is 2. The molecule has 1 amide bonds. The van der Waals surface area contributed by atoms with Gasteiger partial charge in [-0.05, 0) is 69.6 Å². The summed E-state index contributed by atoms with van der Waals surface area (Å²) in [6.45, 7) is 9.28. The third-order valence-corrected chi connectivity index (χ3v) is 7.73. The van der Waals surface area contributed by atoms with Crippen LogP contribution in [0.25, 0.3) is 0 Å². The molecule has 4 rings (SSSR count). The summed E-state index contributed by atoms with van der Waals surface area (Å²) < 4.78 is 34.0. The van der Waals surface area contributed by atoms with Crippen molar-refractivity contribution in [2.45, 2.75) is 70.0 Å². The number of ether oxygens (including phenoxy) is 1. The summed E-state index contributed by atoms with van der Waals surface area (Å²) in [5.74, 6) is 1.03. The van der Waals surface area contributed by atoms with Gasteiger partial charge < -0.3 is 9.64 Å². The van der Waals surface area contributed by atoms with Crippen LogP contribution in [0.15, 0.2) is 41.6 Å². The molecule has 0 aromatic carbocycles. The van der Waals surface area contributed by atoms with Crippen molar-refractivity contribution in [1.29, 1.82) is 0 Å². The second-order valence-electron chi connectivity index (χ2n) is 10.0. The van der Waals surface area contributed by atoms with Gasteiger partial charge in [-0.2, -0.15) is 13.4 Å². The molecule has 178 valence electrons. The SMILES string of the molecule is CC1CCC(Oc2cccc(S(=O)(=O)NC(=O)c3cccnc3N3CC(C)CC3(C)C)n2)C1. The van der Waals surface area contributed by atoms with E-state index in [1.165, 1.54) is 6.07 Å². The van der Waals surface area contributed by atoms with E-state index in [1.54, 1.807) is 30.5 Å². The zero-order chi connectivity index (χ0) is 23.8. The fraction of sp³-hybridized carbons (Fsp3) is 0.542. The molecule has 2 aromatic heterocycles. The number of anilines is 1. The van der Waals surface area contributed by atoms with Crippen molar-refractivity contribution in [2.75, 3.05) is 11.4 Å². The molecule has 0 spiro atoms. The maximum absolute atomic E-state index is 13.1. The first-order valence-corrected chi connectivity index (χ1v) is 13.0. The summed E-state index contributed by atoms with van der Waals surface area (Å²) in [4.78, 5) is 23.8. The number of amides is 1. The van der Waals surface area contributed by atoms with Gasteiger partial charge in [0.1, 0.15) is 11.9 Å². The van der Waals surface area contributed by atoms with Crippen LogP contribution in [0.2, 0.25) is 0 Å². The number of nitrogens with one attached hydrogen (secondary N) is 1. The van der Waals surface area contributed by atoms with Crippen LogP contribution in [0.3, 0.4) is 0 Å². The lowest BCUT2D eigenvalue weighted by molar-refractivity contribution is 0.0981. The van der Waals surface area contributed by atoms with Gasteiger partial charge in [-0.25, -0.2) is 9.71 Å². The Morgan fingerprint density at radius 3 is 2.61 bits per heavy atom. The van der Waals surface area contributed by atoms with Crippen molar-refractivity contribution in [2.24, 2.45) is 11.8 Å². The van der Waals surface area contributed by atoms with E-state index in [2.05, 4.69) is 47.3 Å². The first-order valence-electron chi connectivity index (χ1n) is 11.5. The van der Waals surface area contributed by atoms with E-state index < -0.39 is 15.9 Å². The predicted molar refractivity (Wildman–Crippen MR) is 126 cm³/mol. The third kappa shape index (κ3) is 5.13. The highest BCUT2D eigenvalue weighted by Gasteiger charge is 2.39. The Labute approximate surface area is 195 Å². The third-order valence-electron chi connectivity index (χ3n) is 6.49. The van der Waals surface area contributed by atoms with Gasteiger partial charge in [0.15, 0.2) is 5.03 Å². The van der Waals surface area contributed by atoms with Gasteiger partial charge in [0.25, 0.3) is 15.9 Å². The molecule has 0 radical (unpaired) electrons. The lowest BCUT2D eigenvalue weighted by Crippen LogP contribution is -2.41. The number of aromatic nitrogens is 2. The van der Waals surface area contributed by atoms with Gasteiger partial charge in [0, 0.05) is 24.3 Å². The fourth-order valence-corrected chi connectivity index (χ4v) is 5.95. The molecule has 2 aromatic rings. The molecule has 3 heterocycles. The van der Waals surface area contributed by atoms with E-state index in [0.29, 0.717) is 17.7 Å². The summed E-state index contributed by atoms with van der Waals surface area (Å²) in [6.07, 6.45) is 5.53. The molecule has 1 aliphatic heterocycles. The maximum atomic E-state index is 13.1. The monoisotopic (exact) mass is 472 g/mol. The van der Waals surface area contributed by atoms with Gasteiger partial charge in [-0.15, -0.1) is 0 Å². The predicted octanol–water partition coefficient (Wildman–Crippen LogP) is 3.79. The highest BCUT2D eigenvalue weighted by Crippen LogP contribution is 2.37. The van der Waals surface area contributed by atoms with Gasteiger partial charge >= 0.3 is 0 Å². The standard InChI is InChI=1S/C24H32N4O4S/c1-16-10-11-18(13-16)32-20-8-5-9-21(26-20)33(30,31)27-23(29)19-7-6-12-25-22(19)28-15-17(2)14-24(28,3)4/h5-9,12,16-18H,10-11,13-15H2,1-4H3,(H,27,29). The van der Waals surface area contributed by atoms with Gasteiger partial charge in [-0.3, -0.25) is 4.79 Å². The highest BCUT2D eigenvalue weighted by molar-refractivity contribution is 7.90. The van der Waals surface area contributed by atoms with Crippen molar-refractivity contribution in [1.82, 2.24) is 14.7 Å². The van der Waals surface area contributed by atoms with Crippen molar-refractivity contribution < 1.29 is 17.9 Å². The molecule has 8 nitrogen and oxygen atoms in total. The number of carbonyl (C=O) groups is 1. The molecule has 1 saturated heterocycles. The van der Waals surface area contributed by atoms with Crippen LogP contribution < -0.4 is 14.4 Å². The summed E-state index contributed by atoms with van der Waals surface area (Å²) >= 11 is 0. The number of sulfonamides is 1. The number of rotatable bonds is 6. The van der Waals surface area contributed by atoms with Gasteiger partial charge in [0.2, 0.25) is 5.88 Å². The molecule has 3 unspecified atom stereocenters. The first kappa shape index (κ1) is 23.5. The molecule has 1 aliphatic carbocycles. The van der Waals surface area contributed by atoms with E-state index in [0.717, 1.165) is 32.2 Å². The van der Waals surface area contributed by atoms with Crippen LogP contribution in [0.1, 0.15) is 63.7 Å². The molecule has 2 fully saturated rings. The van der Waals surface area contributed by atoms with E-state index in [-0.39, 0.29) is 28.1 Å². The molecule has 1 saturated carbocycles. The highest BCUT2D eigenvalue weighted by atomic mass is 32.2. The summed E-state index contributed by atoms with van der Waals surface area (Å²) in [7, 11) is -4.19. The van der Waals surface area contributed by atoms with Crippen LogP contribution >= 0.6 is 0 Å². The van der Waals surface area contributed by atoms with E-state index in [4.69, 9.17) is 4.74 Å². The lowest BCUT2D eigenvalue weighted by Gasteiger charge is -2.33.